The van der Waals surface area contributed by atoms with Crippen LogP contribution in [-0.4, -0.2) is 34.3 Å². The number of nitrogens with zero attached hydrogens (tertiary/aromatic N) is 1. The lowest BCUT2D eigenvalue weighted by Crippen LogP contribution is -2.35. The van der Waals surface area contributed by atoms with Crippen molar-refractivity contribution in [3.05, 3.63) is 50.3 Å². The van der Waals surface area contributed by atoms with E-state index in [4.69, 9.17) is 0 Å². The summed E-state index contributed by atoms with van der Waals surface area (Å²) in [5.41, 5.74) is -0.338. The predicted octanol–water partition coefficient (Wildman–Crippen LogP) is 1.47. The number of fused-ring (bicyclic) bond motifs is 1. The molecule has 0 aliphatic heterocycles. The first-order valence-corrected chi connectivity index (χ1v) is 8.20. The number of rotatable bonds is 7. The molecule has 0 spiro atoms. The average molecular weight is 360 g/mol. The van der Waals surface area contributed by atoms with Crippen molar-refractivity contribution in [3.8, 4) is 0 Å². The number of benzene rings is 1. The molecule has 1 atom stereocenters. The van der Waals surface area contributed by atoms with Crippen molar-refractivity contribution in [1.29, 1.82) is 0 Å². The standard InChI is InChI=1S/C17H20N4O5/c1-3-10(2)19-15(22)6-7-18-17(24)13-9-16(23)20-14-5-4-11(21(25)26)8-12(13)14/h4-5,8-10H,3,6-7H2,1-2H3,(H,18,24)(H,19,22)(H,20,23)/t10-/m0/s1. The van der Waals surface area contributed by atoms with Gasteiger partial charge < -0.3 is 15.6 Å². The van der Waals surface area contributed by atoms with E-state index in [0.717, 1.165) is 12.5 Å². The first-order chi connectivity index (χ1) is 12.3. The van der Waals surface area contributed by atoms with Crippen molar-refractivity contribution < 1.29 is 14.5 Å². The Bertz CT molecular complexity index is 906. The molecule has 9 heteroatoms. The maximum atomic E-state index is 12.4. The van der Waals surface area contributed by atoms with Crippen molar-refractivity contribution in [2.75, 3.05) is 6.54 Å². The molecule has 0 radical (unpaired) electrons. The highest BCUT2D eigenvalue weighted by molar-refractivity contribution is 6.06. The third-order valence-corrected chi connectivity index (χ3v) is 3.94. The number of hydrogen-bond donors (Lipinski definition) is 3. The van der Waals surface area contributed by atoms with E-state index in [2.05, 4.69) is 15.6 Å². The maximum absolute atomic E-state index is 12.4. The molecule has 0 unspecified atom stereocenters. The molecule has 2 amide bonds. The number of aromatic amines is 1. The molecule has 1 heterocycles. The molecule has 2 aromatic rings. The molecule has 138 valence electrons. The van der Waals surface area contributed by atoms with Crippen LogP contribution < -0.4 is 16.2 Å². The highest BCUT2D eigenvalue weighted by Gasteiger charge is 2.15. The summed E-state index contributed by atoms with van der Waals surface area (Å²) < 4.78 is 0. The minimum atomic E-state index is -0.578. The van der Waals surface area contributed by atoms with Crippen LogP contribution in [0.2, 0.25) is 0 Å². The fourth-order valence-corrected chi connectivity index (χ4v) is 2.38. The number of nitro benzene ring substituents is 1. The van der Waals surface area contributed by atoms with E-state index in [9.17, 15) is 24.5 Å². The summed E-state index contributed by atoms with van der Waals surface area (Å²) in [6.45, 7) is 3.92. The van der Waals surface area contributed by atoms with Gasteiger partial charge in [0, 0.05) is 48.1 Å². The third kappa shape index (κ3) is 4.65. The second kappa shape index (κ2) is 8.24. The van der Waals surface area contributed by atoms with Crippen LogP contribution in [0, 0.1) is 10.1 Å². The maximum Gasteiger partial charge on any atom is 0.270 e. The summed E-state index contributed by atoms with van der Waals surface area (Å²) in [6, 6.07) is 5.00. The number of carbonyl (C=O) groups excluding carboxylic acids is 2. The van der Waals surface area contributed by atoms with Crippen LogP contribution in [0.4, 0.5) is 5.69 Å². The molecule has 0 saturated carbocycles. The van der Waals surface area contributed by atoms with E-state index < -0.39 is 16.4 Å². The molecule has 2 rings (SSSR count). The van der Waals surface area contributed by atoms with E-state index in [1.54, 1.807) is 0 Å². The van der Waals surface area contributed by atoms with Crippen LogP contribution in [-0.2, 0) is 4.79 Å². The summed E-state index contributed by atoms with van der Waals surface area (Å²) in [5.74, 6) is -0.760. The number of non-ortho nitro benzene ring substituents is 1. The van der Waals surface area contributed by atoms with Gasteiger partial charge in [-0.15, -0.1) is 0 Å². The van der Waals surface area contributed by atoms with Gasteiger partial charge in [0.1, 0.15) is 0 Å². The Labute approximate surface area is 148 Å². The molecular formula is C17H20N4O5. The molecule has 0 aliphatic carbocycles. The van der Waals surface area contributed by atoms with Gasteiger partial charge in [0.15, 0.2) is 0 Å². The van der Waals surface area contributed by atoms with Gasteiger partial charge in [-0.3, -0.25) is 24.5 Å². The minimum Gasteiger partial charge on any atom is -0.354 e. The van der Waals surface area contributed by atoms with Crippen LogP contribution in [0.15, 0.2) is 29.1 Å². The van der Waals surface area contributed by atoms with E-state index in [1.165, 1.54) is 18.2 Å². The third-order valence-electron chi connectivity index (χ3n) is 3.94. The number of hydrogen-bond acceptors (Lipinski definition) is 5. The number of nitrogens with one attached hydrogen (secondary N) is 3. The van der Waals surface area contributed by atoms with Gasteiger partial charge in [-0.1, -0.05) is 6.92 Å². The van der Waals surface area contributed by atoms with Gasteiger partial charge in [-0.05, 0) is 19.4 Å². The molecule has 0 bridgehead atoms. The lowest BCUT2D eigenvalue weighted by Gasteiger charge is -2.12. The highest BCUT2D eigenvalue weighted by atomic mass is 16.6. The smallest absolute Gasteiger partial charge is 0.270 e. The first kappa shape index (κ1) is 19.1. The fourth-order valence-electron chi connectivity index (χ4n) is 2.38. The molecule has 1 aromatic carbocycles. The van der Waals surface area contributed by atoms with Gasteiger partial charge in [-0.25, -0.2) is 0 Å². The number of pyridine rings is 1. The number of amides is 2. The zero-order valence-electron chi connectivity index (χ0n) is 14.5. The summed E-state index contributed by atoms with van der Waals surface area (Å²) in [4.78, 5) is 48.7. The molecule has 26 heavy (non-hydrogen) atoms. The van der Waals surface area contributed by atoms with Crippen LogP contribution in [0.1, 0.15) is 37.0 Å². The van der Waals surface area contributed by atoms with Crippen molar-refractivity contribution in [2.45, 2.75) is 32.7 Å². The Morgan fingerprint density at radius 3 is 2.69 bits per heavy atom. The van der Waals surface area contributed by atoms with Gasteiger partial charge >= 0.3 is 0 Å². The molecule has 9 nitrogen and oxygen atoms in total. The predicted molar refractivity (Wildman–Crippen MR) is 96.1 cm³/mol. The monoisotopic (exact) mass is 360 g/mol. The summed E-state index contributed by atoms with van der Waals surface area (Å²) in [6.07, 6.45) is 0.896. The van der Waals surface area contributed by atoms with E-state index in [-0.39, 0.29) is 41.6 Å². The van der Waals surface area contributed by atoms with Crippen LogP contribution in [0.5, 0.6) is 0 Å². The van der Waals surface area contributed by atoms with Gasteiger partial charge in [0.05, 0.1) is 10.5 Å². The lowest BCUT2D eigenvalue weighted by atomic mass is 10.1. The Kier molecular flexibility index (Phi) is 6.05. The van der Waals surface area contributed by atoms with E-state index >= 15 is 0 Å². The number of nitro groups is 1. The Hall–Kier alpha value is -3.23. The van der Waals surface area contributed by atoms with Crippen molar-refractivity contribution >= 4 is 28.4 Å². The SMILES string of the molecule is CC[C@H](C)NC(=O)CCNC(=O)c1cc(=O)[nH]c2ccc([N+](=O)[O-])cc12. The van der Waals surface area contributed by atoms with Crippen molar-refractivity contribution in [1.82, 2.24) is 15.6 Å². The van der Waals surface area contributed by atoms with Crippen molar-refractivity contribution in [3.63, 3.8) is 0 Å². The second-order valence-electron chi connectivity index (χ2n) is 5.92. The van der Waals surface area contributed by atoms with Crippen LogP contribution in [0.25, 0.3) is 10.9 Å². The number of H-pyrrole nitrogens is 1. The van der Waals surface area contributed by atoms with Gasteiger partial charge in [-0.2, -0.15) is 0 Å². The highest BCUT2D eigenvalue weighted by Crippen LogP contribution is 2.21. The second-order valence-corrected chi connectivity index (χ2v) is 5.92. The number of carbonyl (C=O) groups is 2. The van der Waals surface area contributed by atoms with E-state index in [1.807, 2.05) is 13.8 Å². The molecule has 0 fully saturated rings. The van der Waals surface area contributed by atoms with Crippen LogP contribution in [0.3, 0.4) is 0 Å². The van der Waals surface area contributed by atoms with Gasteiger partial charge in [0.2, 0.25) is 11.5 Å². The molecule has 1 aromatic heterocycles. The zero-order chi connectivity index (χ0) is 19.3. The zero-order valence-corrected chi connectivity index (χ0v) is 14.5. The Balaban J connectivity index is 2.16. The summed E-state index contributed by atoms with van der Waals surface area (Å²) >= 11 is 0. The van der Waals surface area contributed by atoms with Gasteiger partial charge in [0.25, 0.3) is 11.6 Å². The largest absolute Gasteiger partial charge is 0.354 e. The normalized spacial score (nSPS) is 11.8. The first-order valence-electron chi connectivity index (χ1n) is 8.20. The lowest BCUT2D eigenvalue weighted by molar-refractivity contribution is -0.384. The minimum absolute atomic E-state index is 0.0229. The summed E-state index contributed by atoms with van der Waals surface area (Å²) in [5, 5.41) is 16.6. The number of aromatic nitrogens is 1. The van der Waals surface area contributed by atoms with Crippen molar-refractivity contribution in [2.24, 2.45) is 0 Å². The Morgan fingerprint density at radius 1 is 1.31 bits per heavy atom. The molecule has 3 N–H and O–H groups in total. The Morgan fingerprint density at radius 2 is 2.04 bits per heavy atom. The molecule has 0 aliphatic rings. The fraction of sp³-hybridized carbons (Fsp3) is 0.353. The van der Waals surface area contributed by atoms with E-state index in [0.29, 0.717) is 5.52 Å². The average Bonchev–Trinajstić information content (AvgIpc) is 2.60. The molecule has 0 saturated heterocycles. The summed E-state index contributed by atoms with van der Waals surface area (Å²) in [7, 11) is 0. The quantitative estimate of drug-likeness (QED) is 0.508. The molecular weight excluding hydrogens is 340 g/mol. The topological polar surface area (TPSA) is 134 Å². The van der Waals surface area contributed by atoms with Crippen LogP contribution >= 0.6 is 0 Å².